The molecule has 2 atom stereocenters. The number of fused-ring (bicyclic) bond motifs is 2. The highest BCUT2D eigenvalue weighted by Gasteiger charge is 2.36. The third-order valence-corrected chi connectivity index (χ3v) is 6.21. The van der Waals surface area contributed by atoms with E-state index in [0.29, 0.717) is 11.9 Å². The third-order valence-electron chi connectivity index (χ3n) is 6.21. The number of nitrogens with zero attached hydrogens (tertiary/aromatic N) is 3. The van der Waals surface area contributed by atoms with Gasteiger partial charge in [-0.25, -0.2) is 0 Å². The lowest BCUT2D eigenvalue weighted by atomic mass is 9.85. The lowest BCUT2D eigenvalue weighted by Gasteiger charge is -2.41. The summed E-state index contributed by atoms with van der Waals surface area (Å²) in [7, 11) is 2.17. The molecule has 1 aromatic carbocycles. The van der Waals surface area contributed by atoms with Crippen LogP contribution in [0.25, 0.3) is 16.5 Å². The Morgan fingerprint density at radius 2 is 1.92 bits per heavy atom. The Bertz CT molecular complexity index is 859. The van der Waals surface area contributed by atoms with Crippen LogP contribution in [0.1, 0.15) is 24.8 Å². The quantitative estimate of drug-likeness (QED) is 0.801. The van der Waals surface area contributed by atoms with Crippen LogP contribution in [0.3, 0.4) is 0 Å². The van der Waals surface area contributed by atoms with E-state index >= 15 is 0 Å². The van der Waals surface area contributed by atoms with Gasteiger partial charge in [0.25, 0.3) is 0 Å². The van der Waals surface area contributed by atoms with Gasteiger partial charge in [0.05, 0.1) is 17.5 Å². The Morgan fingerprint density at radius 3 is 2.76 bits per heavy atom. The normalized spacial score (nSPS) is 26.4. The molecule has 1 fully saturated rings. The van der Waals surface area contributed by atoms with Gasteiger partial charge >= 0.3 is 0 Å². The Hall–Kier alpha value is -2.07. The monoisotopic (exact) mass is 335 g/mol. The number of benzene rings is 1. The molecule has 2 aromatic rings. The van der Waals surface area contributed by atoms with Crippen LogP contribution >= 0.6 is 0 Å². The van der Waals surface area contributed by atoms with Crippen molar-refractivity contribution >= 4 is 22.4 Å². The average Bonchev–Trinajstić information content (AvgIpc) is 3.07. The van der Waals surface area contributed by atoms with Crippen molar-refractivity contribution < 1.29 is 4.79 Å². The summed E-state index contributed by atoms with van der Waals surface area (Å²) < 4.78 is 2.37. The minimum atomic E-state index is -0.00822. The summed E-state index contributed by atoms with van der Waals surface area (Å²) in [5.74, 6) is 0.316. The van der Waals surface area contributed by atoms with Gasteiger partial charge in [0.2, 0.25) is 5.91 Å². The van der Waals surface area contributed by atoms with Crippen LogP contribution in [0.4, 0.5) is 0 Å². The highest BCUT2D eigenvalue weighted by atomic mass is 16.2. The maximum Gasteiger partial charge on any atom is 0.230 e. The lowest BCUT2D eigenvalue weighted by Crippen LogP contribution is -2.49. The molecular formula is C21H25N3O. The second-order valence-corrected chi connectivity index (χ2v) is 7.78. The fourth-order valence-electron chi connectivity index (χ4n) is 4.89. The molecule has 5 rings (SSSR count). The first-order valence-corrected chi connectivity index (χ1v) is 9.51. The van der Waals surface area contributed by atoms with Gasteiger partial charge in [-0.05, 0) is 37.9 Å². The highest BCUT2D eigenvalue weighted by molar-refractivity contribution is 5.96. The van der Waals surface area contributed by atoms with E-state index in [-0.39, 0.29) is 5.92 Å². The summed E-state index contributed by atoms with van der Waals surface area (Å²) >= 11 is 0. The van der Waals surface area contributed by atoms with Crippen LogP contribution in [0.2, 0.25) is 0 Å². The van der Waals surface area contributed by atoms with Gasteiger partial charge in [-0.2, -0.15) is 0 Å². The Morgan fingerprint density at radius 1 is 1.08 bits per heavy atom. The van der Waals surface area contributed by atoms with Crippen LogP contribution in [0.15, 0.2) is 36.5 Å². The maximum absolute atomic E-state index is 13.1. The number of aromatic nitrogens is 1. The van der Waals surface area contributed by atoms with Crippen molar-refractivity contribution in [3.8, 4) is 0 Å². The van der Waals surface area contributed by atoms with E-state index in [9.17, 15) is 4.79 Å². The summed E-state index contributed by atoms with van der Waals surface area (Å²) in [5.41, 5.74) is 3.98. The number of amides is 1. The number of likely N-dealkylation sites (tertiary alicyclic amines) is 1. The minimum absolute atomic E-state index is 0.00822. The zero-order chi connectivity index (χ0) is 17.0. The van der Waals surface area contributed by atoms with Crippen molar-refractivity contribution in [3.05, 3.63) is 42.1 Å². The average molecular weight is 335 g/mol. The molecule has 3 aliphatic rings. The van der Waals surface area contributed by atoms with Gasteiger partial charge in [-0.15, -0.1) is 0 Å². The van der Waals surface area contributed by atoms with Gasteiger partial charge in [0, 0.05) is 43.3 Å². The molecule has 0 spiro atoms. The number of likely N-dealkylation sites (N-methyl/N-ethyl adjacent to an activating group) is 1. The van der Waals surface area contributed by atoms with Crippen LogP contribution in [-0.2, 0) is 11.3 Å². The largest absolute Gasteiger partial charge is 0.345 e. The SMILES string of the molecule is CN1C[C@H](C(=O)N2CCCCC2)C=C2c3cccc4ccn(c34)C[C@H]21. The van der Waals surface area contributed by atoms with E-state index in [4.69, 9.17) is 0 Å². The number of rotatable bonds is 1. The van der Waals surface area contributed by atoms with Gasteiger partial charge in [0.15, 0.2) is 0 Å². The number of para-hydroxylation sites is 1. The topological polar surface area (TPSA) is 28.5 Å². The van der Waals surface area contributed by atoms with Crippen molar-refractivity contribution in [2.24, 2.45) is 5.92 Å². The zero-order valence-electron chi connectivity index (χ0n) is 14.8. The van der Waals surface area contributed by atoms with Crippen molar-refractivity contribution in [2.45, 2.75) is 31.8 Å². The summed E-state index contributed by atoms with van der Waals surface area (Å²) in [6, 6.07) is 9.11. The number of carbonyl (C=O) groups excluding carboxylic acids is 1. The Labute approximate surface area is 148 Å². The van der Waals surface area contributed by atoms with Gasteiger partial charge in [0.1, 0.15) is 0 Å². The fourth-order valence-corrected chi connectivity index (χ4v) is 4.89. The van der Waals surface area contributed by atoms with Crippen molar-refractivity contribution in [2.75, 3.05) is 26.7 Å². The summed E-state index contributed by atoms with van der Waals surface area (Å²) in [4.78, 5) is 17.5. The van der Waals surface area contributed by atoms with E-state index in [1.165, 1.54) is 28.5 Å². The van der Waals surface area contributed by atoms with Crippen LogP contribution in [-0.4, -0.2) is 53.0 Å². The number of carbonyl (C=O) groups is 1. The summed E-state index contributed by atoms with van der Waals surface area (Å²) in [6.07, 6.45) is 8.05. The van der Waals surface area contributed by atoms with Crippen molar-refractivity contribution in [3.63, 3.8) is 0 Å². The van der Waals surface area contributed by atoms with Crippen molar-refractivity contribution in [1.29, 1.82) is 0 Å². The molecule has 1 saturated heterocycles. The van der Waals surface area contributed by atoms with E-state index in [1.807, 2.05) is 0 Å². The molecule has 4 heterocycles. The molecule has 0 saturated carbocycles. The molecule has 25 heavy (non-hydrogen) atoms. The van der Waals surface area contributed by atoms with Crippen molar-refractivity contribution in [1.82, 2.24) is 14.4 Å². The molecule has 1 amide bonds. The smallest absolute Gasteiger partial charge is 0.230 e. The number of piperidine rings is 1. The first-order chi connectivity index (χ1) is 12.2. The second-order valence-electron chi connectivity index (χ2n) is 7.78. The predicted molar refractivity (Wildman–Crippen MR) is 100 cm³/mol. The molecule has 0 N–H and O–H groups in total. The van der Waals surface area contributed by atoms with Crippen LogP contribution in [0, 0.1) is 5.92 Å². The molecular weight excluding hydrogens is 310 g/mol. The predicted octanol–water partition coefficient (Wildman–Crippen LogP) is 2.98. The maximum atomic E-state index is 13.1. The minimum Gasteiger partial charge on any atom is -0.345 e. The molecule has 0 bridgehead atoms. The zero-order valence-corrected chi connectivity index (χ0v) is 14.8. The molecule has 3 aliphatic heterocycles. The summed E-state index contributed by atoms with van der Waals surface area (Å²) in [6.45, 7) is 3.68. The van der Waals surface area contributed by atoms with E-state index in [0.717, 1.165) is 39.0 Å². The fraction of sp³-hybridized carbons (Fsp3) is 0.476. The summed E-state index contributed by atoms with van der Waals surface area (Å²) in [5, 5.41) is 1.30. The van der Waals surface area contributed by atoms with Gasteiger partial charge in [-0.3, -0.25) is 9.69 Å². The molecule has 0 aliphatic carbocycles. The van der Waals surface area contributed by atoms with Gasteiger partial charge < -0.3 is 9.47 Å². The molecule has 1 aromatic heterocycles. The first-order valence-electron chi connectivity index (χ1n) is 9.51. The van der Waals surface area contributed by atoms with Gasteiger partial charge in [-0.1, -0.05) is 24.3 Å². The number of hydrogen-bond acceptors (Lipinski definition) is 2. The van der Waals surface area contributed by atoms with E-state index in [2.05, 4.69) is 58.0 Å². The third kappa shape index (κ3) is 2.35. The van der Waals surface area contributed by atoms with E-state index in [1.54, 1.807) is 0 Å². The molecule has 0 unspecified atom stereocenters. The second kappa shape index (κ2) is 5.73. The Kier molecular flexibility index (Phi) is 3.49. The molecule has 0 radical (unpaired) electrons. The van der Waals surface area contributed by atoms with Crippen LogP contribution < -0.4 is 0 Å². The standard InChI is InChI=1S/C21H25N3O/c1-22-13-16(21(25)23-9-3-2-4-10-23)12-18-17-7-5-6-15-8-11-24(20(15)17)14-19(18)22/h5-8,11-12,16,19H,2-4,9-10,13-14H2,1H3/t16-,19-/m1/s1. The highest BCUT2D eigenvalue weighted by Crippen LogP contribution is 2.38. The molecule has 130 valence electrons. The first kappa shape index (κ1) is 15.2. The molecule has 4 heteroatoms. The molecule has 4 nitrogen and oxygen atoms in total. The van der Waals surface area contributed by atoms with Crippen LogP contribution in [0.5, 0.6) is 0 Å². The number of hydrogen-bond donors (Lipinski definition) is 0. The van der Waals surface area contributed by atoms with E-state index < -0.39 is 0 Å². The Balaban J connectivity index is 1.55. The lowest BCUT2D eigenvalue weighted by molar-refractivity contribution is -0.135.